The predicted octanol–water partition coefficient (Wildman–Crippen LogP) is 4.03. The van der Waals surface area contributed by atoms with Crippen molar-refractivity contribution in [3.8, 4) is 5.75 Å². The van der Waals surface area contributed by atoms with E-state index in [9.17, 15) is 8.78 Å². The molecule has 0 aliphatic rings. The Morgan fingerprint density at radius 2 is 2.05 bits per heavy atom. The highest BCUT2D eigenvalue weighted by atomic mass is 79.9. The lowest BCUT2D eigenvalue weighted by molar-refractivity contribution is 0.251. The van der Waals surface area contributed by atoms with Crippen molar-refractivity contribution in [3.63, 3.8) is 0 Å². The first-order valence-electron chi connectivity index (χ1n) is 5.95. The number of hydrogen-bond donors (Lipinski definition) is 1. The van der Waals surface area contributed by atoms with Crippen LogP contribution in [0.2, 0.25) is 0 Å². The van der Waals surface area contributed by atoms with Gasteiger partial charge in [0.05, 0.1) is 0 Å². The van der Waals surface area contributed by atoms with E-state index in [1.807, 2.05) is 0 Å². The predicted molar refractivity (Wildman–Crippen MR) is 76.8 cm³/mol. The van der Waals surface area contributed by atoms with E-state index in [-0.39, 0.29) is 18.2 Å². The zero-order valence-electron chi connectivity index (χ0n) is 10.6. The Hall–Kier alpha value is -2.15. The van der Waals surface area contributed by atoms with Crippen LogP contribution in [0.15, 0.2) is 39.2 Å². The summed E-state index contributed by atoms with van der Waals surface area (Å²) in [5.74, 6) is -2.03. The highest BCUT2D eigenvalue weighted by molar-refractivity contribution is 9.10. The van der Waals surface area contributed by atoms with Crippen molar-refractivity contribution in [3.05, 3.63) is 52.3 Å². The van der Waals surface area contributed by atoms with Gasteiger partial charge in [-0.2, -0.15) is 4.39 Å². The van der Waals surface area contributed by atoms with E-state index in [0.717, 1.165) is 6.07 Å². The summed E-state index contributed by atoms with van der Waals surface area (Å²) in [7, 11) is 0. The number of rotatable bonds is 3. The Kier molecular flexibility index (Phi) is 3.50. The van der Waals surface area contributed by atoms with Crippen molar-refractivity contribution in [1.29, 1.82) is 0 Å². The molecule has 0 saturated carbocycles. The zero-order chi connectivity index (χ0) is 15.0. The quantitative estimate of drug-likeness (QED) is 0.569. The maximum Gasteiger partial charge on any atom is 0.233 e. The van der Waals surface area contributed by atoms with E-state index in [2.05, 4.69) is 20.9 Å². The number of oxazole rings is 1. The van der Waals surface area contributed by atoms with E-state index in [4.69, 9.17) is 14.9 Å². The lowest BCUT2D eigenvalue weighted by atomic mass is 10.3. The molecule has 0 spiro atoms. The molecule has 0 aliphatic carbocycles. The number of fused-ring (bicyclic) bond motifs is 1. The molecule has 2 aromatic carbocycles. The summed E-state index contributed by atoms with van der Waals surface area (Å²) in [5.41, 5.74) is 7.32. The maximum atomic E-state index is 13.6. The normalized spacial score (nSPS) is 11.0. The number of nitrogens with two attached hydrogens (primary N) is 1. The third-order valence-corrected chi connectivity index (χ3v) is 3.22. The van der Waals surface area contributed by atoms with E-state index in [1.165, 1.54) is 6.07 Å². The minimum absolute atomic E-state index is 0.124. The van der Waals surface area contributed by atoms with Gasteiger partial charge in [0, 0.05) is 10.2 Å². The zero-order valence-corrected chi connectivity index (χ0v) is 12.2. The number of hydrogen-bond acceptors (Lipinski definition) is 4. The SMILES string of the molecule is Nc1ccc2oc(COc3cc(Br)cc(F)c3F)nc2c1. The highest BCUT2D eigenvalue weighted by Gasteiger charge is 2.13. The van der Waals surface area contributed by atoms with E-state index >= 15 is 0 Å². The Labute approximate surface area is 126 Å². The van der Waals surface area contributed by atoms with Gasteiger partial charge in [-0.05, 0) is 30.3 Å². The summed E-state index contributed by atoms with van der Waals surface area (Å²) in [6.07, 6.45) is 0. The van der Waals surface area contributed by atoms with Gasteiger partial charge < -0.3 is 14.9 Å². The van der Waals surface area contributed by atoms with Crippen LogP contribution in [0.25, 0.3) is 11.1 Å². The molecule has 1 heterocycles. The van der Waals surface area contributed by atoms with Crippen LogP contribution in [0, 0.1) is 11.6 Å². The van der Waals surface area contributed by atoms with Gasteiger partial charge in [0.25, 0.3) is 0 Å². The smallest absolute Gasteiger partial charge is 0.233 e. The molecule has 3 rings (SSSR count). The molecule has 0 saturated heterocycles. The molecule has 3 aromatic rings. The van der Waals surface area contributed by atoms with E-state index in [1.54, 1.807) is 18.2 Å². The summed E-state index contributed by atoms with van der Waals surface area (Å²) in [5, 5.41) is 0. The summed E-state index contributed by atoms with van der Waals surface area (Å²) >= 11 is 3.07. The molecule has 2 N–H and O–H groups in total. The molecule has 21 heavy (non-hydrogen) atoms. The van der Waals surface area contributed by atoms with Crippen LogP contribution >= 0.6 is 15.9 Å². The number of aromatic nitrogens is 1. The molecular formula is C14H9BrF2N2O2. The summed E-state index contributed by atoms with van der Waals surface area (Å²) in [4.78, 5) is 4.16. The third-order valence-electron chi connectivity index (χ3n) is 2.77. The molecule has 0 aliphatic heterocycles. The van der Waals surface area contributed by atoms with Gasteiger partial charge in [-0.3, -0.25) is 0 Å². The van der Waals surface area contributed by atoms with Crippen molar-refractivity contribution < 1.29 is 17.9 Å². The summed E-state index contributed by atoms with van der Waals surface area (Å²) in [6.45, 7) is -0.124. The lowest BCUT2D eigenvalue weighted by Crippen LogP contribution is -1.99. The first-order valence-corrected chi connectivity index (χ1v) is 6.74. The first-order chi connectivity index (χ1) is 10.0. The number of anilines is 1. The number of nitrogens with zero attached hydrogens (tertiary/aromatic N) is 1. The molecule has 0 unspecified atom stereocenters. The molecule has 0 atom stereocenters. The second-order valence-electron chi connectivity index (χ2n) is 4.32. The number of halogens is 3. The Bertz CT molecular complexity index is 820. The van der Waals surface area contributed by atoms with Gasteiger partial charge in [-0.25, -0.2) is 9.37 Å². The van der Waals surface area contributed by atoms with Crippen molar-refractivity contribution in [2.24, 2.45) is 0 Å². The number of nitrogen functional groups attached to an aromatic ring is 1. The standard InChI is InChI=1S/C14H9BrF2N2O2/c15-7-3-9(16)14(17)12(4-7)20-6-13-19-10-5-8(18)1-2-11(10)21-13/h1-5H,6,18H2. The lowest BCUT2D eigenvalue weighted by Gasteiger charge is -2.06. The molecule has 0 amide bonds. The molecule has 0 bridgehead atoms. The van der Waals surface area contributed by atoms with Crippen LogP contribution in [0.4, 0.5) is 14.5 Å². The van der Waals surface area contributed by atoms with Gasteiger partial charge in [0.2, 0.25) is 11.7 Å². The largest absolute Gasteiger partial charge is 0.481 e. The second-order valence-corrected chi connectivity index (χ2v) is 5.24. The van der Waals surface area contributed by atoms with Crippen molar-refractivity contribution in [2.45, 2.75) is 6.61 Å². The van der Waals surface area contributed by atoms with Gasteiger partial charge in [0.1, 0.15) is 5.52 Å². The monoisotopic (exact) mass is 354 g/mol. The van der Waals surface area contributed by atoms with Gasteiger partial charge in [0.15, 0.2) is 23.8 Å². The average molecular weight is 355 g/mol. The molecule has 108 valence electrons. The van der Waals surface area contributed by atoms with Gasteiger partial charge >= 0.3 is 0 Å². The minimum atomic E-state index is -1.06. The highest BCUT2D eigenvalue weighted by Crippen LogP contribution is 2.26. The van der Waals surface area contributed by atoms with E-state index < -0.39 is 11.6 Å². The van der Waals surface area contributed by atoms with Crippen LogP contribution in [0.1, 0.15) is 5.89 Å². The Morgan fingerprint density at radius 1 is 1.24 bits per heavy atom. The van der Waals surface area contributed by atoms with Crippen LogP contribution in [-0.4, -0.2) is 4.98 Å². The average Bonchev–Trinajstić information content (AvgIpc) is 2.83. The van der Waals surface area contributed by atoms with Crippen LogP contribution < -0.4 is 10.5 Å². The van der Waals surface area contributed by atoms with Crippen molar-refractivity contribution in [1.82, 2.24) is 4.98 Å². The van der Waals surface area contributed by atoms with Crippen LogP contribution in [0.3, 0.4) is 0 Å². The fraction of sp³-hybridized carbons (Fsp3) is 0.0714. The van der Waals surface area contributed by atoms with Crippen LogP contribution in [-0.2, 0) is 6.61 Å². The molecule has 1 aromatic heterocycles. The summed E-state index contributed by atoms with van der Waals surface area (Å²) in [6, 6.07) is 7.37. The van der Waals surface area contributed by atoms with Crippen molar-refractivity contribution >= 4 is 32.7 Å². The third kappa shape index (κ3) is 2.82. The Morgan fingerprint density at radius 3 is 2.86 bits per heavy atom. The van der Waals surface area contributed by atoms with Gasteiger partial charge in [-0.1, -0.05) is 15.9 Å². The molecule has 0 radical (unpaired) electrons. The van der Waals surface area contributed by atoms with Gasteiger partial charge in [-0.15, -0.1) is 0 Å². The topological polar surface area (TPSA) is 61.3 Å². The van der Waals surface area contributed by atoms with E-state index in [0.29, 0.717) is 21.3 Å². The van der Waals surface area contributed by atoms with Crippen LogP contribution in [0.5, 0.6) is 5.75 Å². The second kappa shape index (κ2) is 5.33. The maximum absolute atomic E-state index is 13.6. The molecular weight excluding hydrogens is 346 g/mol. The number of benzene rings is 2. The summed E-state index contributed by atoms with van der Waals surface area (Å²) < 4.78 is 37.8. The molecule has 0 fully saturated rings. The fourth-order valence-corrected chi connectivity index (χ4v) is 2.24. The molecule has 7 heteroatoms. The fourth-order valence-electron chi connectivity index (χ4n) is 1.83. The first kappa shape index (κ1) is 13.8. The minimum Gasteiger partial charge on any atom is -0.481 e. The molecule has 4 nitrogen and oxygen atoms in total. The van der Waals surface area contributed by atoms with Crippen molar-refractivity contribution in [2.75, 3.05) is 5.73 Å². The Balaban J connectivity index is 1.83. The number of ether oxygens (including phenoxy) is 1.